The maximum atomic E-state index is 12.9. The molecule has 1 heterocycles. The van der Waals surface area contributed by atoms with Gasteiger partial charge in [-0.05, 0) is 54.7 Å². The first-order valence-corrected chi connectivity index (χ1v) is 13.4. The number of sulfonamides is 1. The van der Waals surface area contributed by atoms with Gasteiger partial charge in [-0.25, -0.2) is 13.1 Å². The van der Waals surface area contributed by atoms with Crippen LogP contribution in [0.25, 0.3) is 0 Å². The second-order valence-corrected chi connectivity index (χ2v) is 10.1. The Morgan fingerprint density at radius 3 is 2.35 bits per heavy atom. The van der Waals surface area contributed by atoms with Gasteiger partial charge in [-0.15, -0.1) is 0 Å². The zero-order valence-corrected chi connectivity index (χ0v) is 21.2. The number of nitrogens with zero attached hydrogens (tertiary/aromatic N) is 1. The maximum Gasteiger partial charge on any atom is 0.266 e. The monoisotopic (exact) mass is 522 g/mol. The third-order valence-electron chi connectivity index (χ3n) is 5.65. The molecule has 0 aliphatic carbocycles. The van der Waals surface area contributed by atoms with Gasteiger partial charge in [0.25, 0.3) is 21.8 Å². The number of aromatic nitrogens is 1. The van der Waals surface area contributed by atoms with E-state index in [0.29, 0.717) is 31.4 Å². The summed E-state index contributed by atoms with van der Waals surface area (Å²) in [5.41, 5.74) is 1.10. The van der Waals surface area contributed by atoms with Crippen molar-refractivity contribution in [2.75, 3.05) is 6.54 Å². The summed E-state index contributed by atoms with van der Waals surface area (Å²) >= 11 is 0. The SMILES string of the molecule is CCCCCc1cc(C(=O)NS(=O)(=O)c2cccc(C(=O)NCCc3ccccc3)c2)cnc1C(=O)[O-]. The lowest BCUT2D eigenvalue weighted by atomic mass is 10.0. The van der Waals surface area contributed by atoms with Crippen LogP contribution in [-0.4, -0.2) is 37.7 Å². The van der Waals surface area contributed by atoms with Crippen molar-refractivity contribution in [1.82, 2.24) is 15.0 Å². The molecule has 3 aromatic rings. The highest BCUT2D eigenvalue weighted by molar-refractivity contribution is 7.90. The molecule has 0 bridgehead atoms. The number of pyridine rings is 1. The van der Waals surface area contributed by atoms with E-state index in [0.717, 1.165) is 24.6 Å². The zero-order valence-electron chi connectivity index (χ0n) is 20.4. The average Bonchev–Trinajstić information content (AvgIpc) is 2.89. The van der Waals surface area contributed by atoms with Crippen LogP contribution >= 0.6 is 0 Å². The Bertz CT molecular complexity index is 1370. The molecule has 1 aromatic heterocycles. The molecule has 0 spiro atoms. The van der Waals surface area contributed by atoms with Crippen LogP contribution in [0, 0.1) is 0 Å². The standard InChI is InChI=1S/C27H29N3O6S/c1-2-3-5-11-20-16-22(18-29-24(20)27(33)34)26(32)30-37(35,36)23-13-8-12-21(17-23)25(31)28-15-14-19-9-6-4-7-10-19/h4,6-10,12-13,16-18H,2-3,5,11,14-15H2,1H3,(H,28,31)(H,30,32)(H,33,34)/p-1. The van der Waals surface area contributed by atoms with Gasteiger partial charge < -0.3 is 15.2 Å². The average molecular weight is 523 g/mol. The minimum atomic E-state index is -4.32. The van der Waals surface area contributed by atoms with Crippen LogP contribution in [0.15, 0.2) is 71.8 Å². The first-order chi connectivity index (χ1) is 17.7. The van der Waals surface area contributed by atoms with Crippen LogP contribution in [0.4, 0.5) is 0 Å². The summed E-state index contributed by atoms with van der Waals surface area (Å²) < 4.78 is 27.7. The number of carboxylic acids is 1. The van der Waals surface area contributed by atoms with E-state index in [9.17, 15) is 27.9 Å². The number of aromatic carboxylic acids is 1. The molecule has 2 amide bonds. The second-order valence-electron chi connectivity index (χ2n) is 8.43. The van der Waals surface area contributed by atoms with Gasteiger partial charge in [-0.2, -0.15) is 0 Å². The third kappa shape index (κ3) is 7.71. The summed E-state index contributed by atoms with van der Waals surface area (Å²) in [5.74, 6) is -2.88. The summed E-state index contributed by atoms with van der Waals surface area (Å²) in [5, 5.41) is 14.1. The molecule has 2 aromatic carbocycles. The normalized spacial score (nSPS) is 11.1. The van der Waals surface area contributed by atoms with Gasteiger partial charge in [0.15, 0.2) is 0 Å². The second kappa shape index (κ2) is 12.8. The number of carbonyl (C=O) groups is 3. The Kier molecular flexibility index (Phi) is 9.51. The Morgan fingerprint density at radius 2 is 1.65 bits per heavy atom. The number of aryl methyl sites for hydroxylation is 1. The third-order valence-corrected chi connectivity index (χ3v) is 6.98. The molecule has 10 heteroatoms. The first kappa shape index (κ1) is 27.5. The molecule has 37 heavy (non-hydrogen) atoms. The lowest BCUT2D eigenvalue weighted by Crippen LogP contribution is -2.32. The molecule has 194 valence electrons. The van der Waals surface area contributed by atoms with Crippen molar-refractivity contribution < 1.29 is 27.9 Å². The molecule has 2 N–H and O–H groups in total. The van der Waals surface area contributed by atoms with Crippen molar-refractivity contribution >= 4 is 27.8 Å². The van der Waals surface area contributed by atoms with E-state index in [-0.39, 0.29) is 21.7 Å². The lowest BCUT2D eigenvalue weighted by molar-refractivity contribution is -0.255. The highest BCUT2D eigenvalue weighted by atomic mass is 32.2. The molecule has 0 atom stereocenters. The highest BCUT2D eigenvalue weighted by Crippen LogP contribution is 2.16. The molecule has 0 saturated heterocycles. The number of benzene rings is 2. The summed E-state index contributed by atoms with van der Waals surface area (Å²) in [4.78, 5) is 40.2. The van der Waals surface area contributed by atoms with Crippen molar-refractivity contribution in [2.24, 2.45) is 0 Å². The molecule has 0 aliphatic heterocycles. The predicted octanol–water partition coefficient (Wildman–Crippen LogP) is 2.27. The van der Waals surface area contributed by atoms with E-state index in [1.54, 1.807) is 0 Å². The van der Waals surface area contributed by atoms with Crippen LogP contribution in [-0.2, 0) is 22.9 Å². The van der Waals surface area contributed by atoms with Gasteiger partial charge in [-0.3, -0.25) is 14.6 Å². The highest BCUT2D eigenvalue weighted by Gasteiger charge is 2.21. The lowest BCUT2D eigenvalue weighted by Gasteiger charge is -2.12. The fourth-order valence-electron chi connectivity index (χ4n) is 3.69. The number of rotatable bonds is 12. The number of amides is 2. The van der Waals surface area contributed by atoms with Gasteiger partial charge in [0.05, 0.1) is 22.1 Å². The fraction of sp³-hybridized carbons (Fsp3) is 0.259. The number of carbonyl (C=O) groups excluding carboxylic acids is 3. The van der Waals surface area contributed by atoms with Crippen molar-refractivity contribution in [3.8, 4) is 0 Å². The van der Waals surface area contributed by atoms with Crippen molar-refractivity contribution in [3.05, 3.63) is 94.8 Å². The van der Waals surface area contributed by atoms with Crippen molar-refractivity contribution in [1.29, 1.82) is 0 Å². The van der Waals surface area contributed by atoms with Crippen LogP contribution in [0.3, 0.4) is 0 Å². The molecular formula is C27H28N3O6S-. The molecule has 3 rings (SSSR count). The molecule has 0 fully saturated rings. The quantitative estimate of drug-likeness (QED) is 0.347. The van der Waals surface area contributed by atoms with Gasteiger partial charge in [0.2, 0.25) is 0 Å². The largest absolute Gasteiger partial charge is 0.543 e. The summed E-state index contributed by atoms with van der Waals surface area (Å²) in [6, 6.07) is 16.2. The molecule has 9 nitrogen and oxygen atoms in total. The topological polar surface area (TPSA) is 145 Å². The van der Waals surface area contributed by atoms with Gasteiger partial charge in [-0.1, -0.05) is 56.2 Å². The van der Waals surface area contributed by atoms with Gasteiger partial charge >= 0.3 is 0 Å². The summed E-state index contributed by atoms with van der Waals surface area (Å²) in [6.07, 6.45) is 4.42. The Balaban J connectivity index is 1.70. The smallest absolute Gasteiger partial charge is 0.266 e. The fourth-order valence-corrected chi connectivity index (χ4v) is 4.71. The van der Waals surface area contributed by atoms with E-state index in [4.69, 9.17) is 0 Å². The Hall–Kier alpha value is -4.05. The molecule has 0 radical (unpaired) electrons. The summed E-state index contributed by atoms with van der Waals surface area (Å²) in [7, 11) is -4.32. The summed E-state index contributed by atoms with van der Waals surface area (Å²) in [6.45, 7) is 2.36. The van der Waals surface area contributed by atoms with Crippen LogP contribution < -0.4 is 15.1 Å². The number of nitrogens with one attached hydrogen (secondary N) is 2. The Morgan fingerprint density at radius 1 is 0.892 bits per heavy atom. The number of hydrogen-bond acceptors (Lipinski definition) is 7. The Labute approximate surface area is 216 Å². The molecule has 0 aliphatic rings. The maximum absolute atomic E-state index is 12.9. The minimum absolute atomic E-state index is 0.102. The van der Waals surface area contributed by atoms with E-state index in [1.807, 2.05) is 42.0 Å². The predicted molar refractivity (Wildman–Crippen MR) is 135 cm³/mol. The van der Waals surface area contributed by atoms with Crippen LogP contribution in [0.5, 0.6) is 0 Å². The van der Waals surface area contributed by atoms with Gasteiger partial charge in [0, 0.05) is 18.3 Å². The number of hydrogen-bond donors (Lipinski definition) is 2. The first-order valence-electron chi connectivity index (χ1n) is 11.9. The van der Waals surface area contributed by atoms with Crippen LogP contribution in [0.2, 0.25) is 0 Å². The van der Waals surface area contributed by atoms with Gasteiger partial charge in [0.1, 0.15) is 0 Å². The molecular weight excluding hydrogens is 494 g/mol. The van der Waals surface area contributed by atoms with E-state index < -0.39 is 27.8 Å². The zero-order chi connectivity index (χ0) is 26.8. The van der Waals surface area contributed by atoms with E-state index >= 15 is 0 Å². The van der Waals surface area contributed by atoms with E-state index in [1.165, 1.54) is 30.3 Å². The molecule has 0 unspecified atom stereocenters. The number of unbranched alkanes of at least 4 members (excludes halogenated alkanes) is 2. The van der Waals surface area contributed by atoms with E-state index in [2.05, 4.69) is 10.3 Å². The minimum Gasteiger partial charge on any atom is -0.543 e. The number of carboxylic acid groups (broad SMARTS) is 1. The van der Waals surface area contributed by atoms with Crippen molar-refractivity contribution in [2.45, 2.75) is 43.9 Å². The van der Waals surface area contributed by atoms with Crippen molar-refractivity contribution in [3.63, 3.8) is 0 Å². The van der Waals surface area contributed by atoms with Crippen LogP contribution in [0.1, 0.15) is 68.5 Å². The molecule has 0 saturated carbocycles.